The van der Waals surface area contributed by atoms with Crippen LogP contribution in [0.3, 0.4) is 0 Å². The summed E-state index contributed by atoms with van der Waals surface area (Å²) in [5.41, 5.74) is 3.11. The topological polar surface area (TPSA) is 80.0 Å². The van der Waals surface area contributed by atoms with Crippen molar-refractivity contribution >= 4 is 22.8 Å². The van der Waals surface area contributed by atoms with Crippen molar-refractivity contribution in [1.29, 1.82) is 0 Å². The number of para-hydroxylation sites is 1. The van der Waals surface area contributed by atoms with Crippen molar-refractivity contribution in [3.05, 3.63) is 78.2 Å². The Morgan fingerprint density at radius 3 is 2.65 bits per heavy atom. The molecule has 0 unspecified atom stereocenters. The van der Waals surface area contributed by atoms with E-state index in [9.17, 15) is 9.90 Å². The first-order valence-corrected chi connectivity index (χ1v) is 8.13. The highest BCUT2D eigenvalue weighted by molar-refractivity contribution is 6.06. The van der Waals surface area contributed by atoms with Crippen LogP contribution in [0.25, 0.3) is 16.7 Å². The number of hydrogen-bond acceptors (Lipinski definition) is 4. The quantitative estimate of drug-likeness (QED) is 0.594. The average molecular weight is 344 g/mol. The lowest BCUT2D eigenvalue weighted by Gasteiger charge is -2.08. The fraction of sp³-hybridized carbons (Fsp3) is 0.0500. The first kappa shape index (κ1) is 15.8. The van der Waals surface area contributed by atoms with E-state index in [0.29, 0.717) is 5.56 Å². The van der Waals surface area contributed by atoms with Gasteiger partial charge in [-0.15, -0.1) is 0 Å². The highest BCUT2D eigenvalue weighted by Gasteiger charge is 2.14. The lowest BCUT2D eigenvalue weighted by molar-refractivity contribution is 0.102. The zero-order valence-electron chi connectivity index (χ0n) is 14.0. The summed E-state index contributed by atoms with van der Waals surface area (Å²) < 4.78 is 2.04. The van der Waals surface area contributed by atoms with Crippen LogP contribution in [0.5, 0.6) is 5.75 Å². The highest BCUT2D eigenvalue weighted by Crippen LogP contribution is 2.23. The molecule has 26 heavy (non-hydrogen) atoms. The molecule has 6 heteroatoms. The molecule has 0 saturated heterocycles. The zero-order valence-corrected chi connectivity index (χ0v) is 14.0. The van der Waals surface area contributed by atoms with Crippen LogP contribution in [0, 0.1) is 6.92 Å². The van der Waals surface area contributed by atoms with E-state index >= 15 is 0 Å². The molecular weight excluding hydrogens is 328 g/mol. The molecule has 2 aromatic carbocycles. The van der Waals surface area contributed by atoms with Gasteiger partial charge in [-0.05, 0) is 49.4 Å². The second kappa shape index (κ2) is 6.33. The maximum Gasteiger partial charge on any atom is 0.256 e. The van der Waals surface area contributed by atoms with E-state index in [4.69, 9.17) is 0 Å². The largest absolute Gasteiger partial charge is 0.504 e. The van der Waals surface area contributed by atoms with Gasteiger partial charge in [0.25, 0.3) is 5.91 Å². The summed E-state index contributed by atoms with van der Waals surface area (Å²) in [7, 11) is 0. The number of rotatable bonds is 3. The fourth-order valence-corrected chi connectivity index (χ4v) is 2.92. The Morgan fingerprint density at radius 1 is 1.08 bits per heavy atom. The van der Waals surface area contributed by atoms with Crippen molar-refractivity contribution < 1.29 is 9.90 Å². The maximum atomic E-state index is 12.5. The monoisotopic (exact) mass is 344 g/mol. The molecule has 4 rings (SSSR count). The molecular formula is C20H16N4O2. The SMILES string of the molecule is Cc1nc2cc(C(=O)Nc3ncccc3O)ccc2n1-c1ccccc1. The van der Waals surface area contributed by atoms with Crippen LogP contribution in [0.2, 0.25) is 0 Å². The number of carbonyl (C=O) groups is 1. The number of amides is 1. The third-order valence-electron chi connectivity index (χ3n) is 4.12. The summed E-state index contributed by atoms with van der Waals surface area (Å²) in [4.78, 5) is 21.0. The number of aromatic hydroxyl groups is 1. The van der Waals surface area contributed by atoms with Crippen molar-refractivity contribution in [1.82, 2.24) is 14.5 Å². The van der Waals surface area contributed by atoms with E-state index in [-0.39, 0.29) is 17.5 Å². The Hall–Kier alpha value is -3.67. The number of nitrogens with zero attached hydrogens (tertiary/aromatic N) is 3. The summed E-state index contributed by atoms with van der Waals surface area (Å²) in [6, 6.07) is 18.3. The van der Waals surface area contributed by atoms with Crippen LogP contribution in [-0.2, 0) is 0 Å². The molecule has 0 spiro atoms. The van der Waals surface area contributed by atoms with Gasteiger partial charge in [0.15, 0.2) is 11.6 Å². The van der Waals surface area contributed by atoms with Crippen LogP contribution in [0.1, 0.15) is 16.2 Å². The Kier molecular flexibility index (Phi) is 3.85. The summed E-state index contributed by atoms with van der Waals surface area (Å²) in [6.45, 7) is 1.93. The minimum Gasteiger partial charge on any atom is -0.504 e. The molecule has 0 atom stereocenters. The first-order valence-electron chi connectivity index (χ1n) is 8.13. The first-order chi connectivity index (χ1) is 12.6. The number of hydrogen-bond donors (Lipinski definition) is 2. The maximum absolute atomic E-state index is 12.5. The molecule has 1 amide bonds. The molecule has 2 heterocycles. The van der Waals surface area contributed by atoms with Crippen LogP contribution in [0.4, 0.5) is 5.82 Å². The van der Waals surface area contributed by atoms with Gasteiger partial charge in [0.05, 0.1) is 11.0 Å². The van der Waals surface area contributed by atoms with Crippen molar-refractivity contribution in [3.8, 4) is 11.4 Å². The van der Waals surface area contributed by atoms with E-state index in [1.165, 1.54) is 12.3 Å². The van der Waals surface area contributed by atoms with Gasteiger partial charge < -0.3 is 10.4 Å². The number of aromatic nitrogens is 3. The van der Waals surface area contributed by atoms with Crippen molar-refractivity contribution in [2.75, 3.05) is 5.32 Å². The minimum absolute atomic E-state index is 0.0777. The molecule has 2 N–H and O–H groups in total. The number of fused-ring (bicyclic) bond motifs is 1. The standard InChI is InChI=1S/C20H16N4O2/c1-13-22-16-12-14(20(26)23-19-18(25)8-5-11-21-19)9-10-17(16)24(13)15-6-3-2-4-7-15/h2-12,25H,1H3,(H,21,23,26). The van der Waals surface area contributed by atoms with E-state index in [1.54, 1.807) is 18.2 Å². The predicted molar refractivity (Wildman–Crippen MR) is 99.7 cm³/mol. The smallest absolute Gasteiger partial charge is 0.256 e. The number of nitrogens with one attached hydrogen (secondary N) is 1. The number of benzene rings is 2. The van der Waals surface area contributed by atoms with E-state index in [1.807, 2.05) is 47.9 Å². The number of imidazole rings is 1. The molecule has 0 aliphatic rings. The van der Waals surface area contributed by atoms with Crippen molar-refractivity contribution in [3.63, 3.8) is 0 Å². The molecule has 0 radical (unpaired) electrons. The van der Waals surface area contributed by atoms with Crippen LogP contribution < -0.4 is 5.32 Å². The lowest BCUT2D eigenvalue weighted by Crippen LogP contribution is -2.12. The molecule has 0 aliphatic heterocycles. The predicted octanol–water partition coefficient (Wildman–Crippen LogP) is 3.69. The summed E-state index contributed by atoms with van der Waals surface area (Å²) in [6.07, 6.45) is 1.50. The Balaban J connectivity index is 1.71. The Labute approximate surface area is 149 Å². The van der Waals surface area contributed by atoms with Crippen molar-refractivity contribution in [2.45, 2.75) is 6.92 Å². The summed E-state index contributed by atoms with van der Waals surface area (Å²) in [5, 5.41) is 12.4. The van der Waals surface area contributed by atoms with Gasteiger partial charge >= 0.3 is 0 Å². The van der Waals surface area contributed by atoms with E-state index in [2.05, 4.69) is 15.3 Å². The fourth-order valence-electron chi connectivity index (χ4n) is 2.92. The number of anilines is 1. The highest BCUT2D eigenvalue weighted by atomic mass is 16.3. The molecule has 0 bridgehead atoms. The molecule has 2 aromatic heterocycles. The number of carbonyl (C=O) groups excluding carboxylic acids is 1. The van der Waals surface area contributed by atoms with Crippen LogP contribution >= 0.6 is 0 Å². The molecule has 4 aromatic rings. The van der Waals surface area contributed by atoms with Crippen molar-refractivity contribution in [2.24, 2.45) is 0 Å². The second-order valence-corrected chi connectivity index (χ2v) is 5.86. The second-order valence-electron chi connectivity index (χ2n) is 5.86. The lowest BCUT2D eigenvalue weighted by atomic mass is 10.2. The molecule has 0 aliphatic carbocycles. The van der Waals surface area contributed by atoms with Gasteiger partial charge in [0.1, 0.15) is 5.82 Å². The number of aryl methyl sites for hydroxylation is 1. The third-order valence-corrected chi connectivity index (χ3v) is 4.12. The van der Waals surface area contributed by atoms with Crippen LogP contribution in [0.15, 0.2) is 66.9 Å². The minimum atomic E-state index is -0.354. The van der Waals surface area contributed by atoms with Gasteiger partial charge in [-0.2, -0.15) is 0 Å². The summed E-state index contributed by atoms with van der Waals surface area (Å²) in [5.74, 6) is 0.536. The van der Waals surface area contributed by atoms with Crippen LogP contribution in [-0.4, -0.2) is 25.5 Å². The molecule has 128 valence electrons. The average Bonchev–Trinajstić information content (AvgIpc) is 2.99. The van der Waals surface area contributed by atoms with Gasteiger partial charge in [-0.3, -0.25) is 9.36 Å². The molecule has 0 saturated carbocycles. The number of pyridine rings is 1. The summed E-state index contributed by atoms with van der Waals surface area (Å²) >= 11 is 0. The van der Waals surface area contributed by atoms with Gasteiger partial charge in [0, 0.05) is 17.4 Å². The van der Waals surface area contributed by atoms with Gasteiger partial charge in [-0.1, -0.05) is 18.2 Å². The third kappa shape index (κ3) is 2.77. The molecule has 0 fully saturated rings. The van der Waals surface area contributed by atoms with E-state index < -0.39 is 0 Å². The van der Waals surface area contributed by atoms with Gasteiger partial charge in [0.2, 0.25) is 0 Å². The Bertz CT molecular complexity index is 1100. The normalized spacial score (nSPS) is 10.8. The van der Waals surface area contributed by atoms with E-state index in [0.717, 1.165) is 22.5 Å². The Morgan fingerprint density at radius 2 is 1.88 bits per heavy atom. The zero-order chi connectivity index (χ0) is 18.1. The molecule has 6 nitrogen and oxygen atoms in total. The van der Waals surface area contributed by atoms with Gasteiger partial charge in [-0.25, -0.2) is 9.97 Å².